The van der Waals surface area contributed by atoms with E-state index in [1.54, 1.807) is 5.38 Å². The van der Waals surface area contributed by atoms with E-state index in [9.17, 15) is 19.2 Å². The molecule has 0 aliphatic heterocycles. The van der Waals surface area contributed by atoms with Crippen molar-refractivity contribution in [3.8, 4) is 0 Å². The van der Waals surface area contributed by atoms with Crippen LogP contribution in [0.15, 0.2) is 10.2 Å². The number of ether oxygens (including phenoxy) is 1. The Morgan fingerprint density at radius 2 is 2.19 bits per heavy atom. The average molecular weight is 317 g/mol. The molecule has 2 amide bonds. The summed E-state index contributed by atoms with van der Waals surface area (Å²) in [6.45, 7) is 0.0634. The molecule has 0 fully saturated rings. The highest BCUT2D eigenvalue weighted by Gasteiger charge is 2.21. The molecule has 0 aliphatic rings. The maximum Gasteiger partial charge on any atom is 0.326 e. The number of aromatic nitrogens is 1. The number of carbonyl (C=O) groups excluding carboxylic acids is 2. The number of hydrogen-bond acceptors (Lipinski definition) is 6. The molecule has 1 heterocycles. The highest BCUT2D eigenvalue weighted by molar-refractivity contribution is 7.07. The lowest BCUT2D eigenvalue weighted by Crippen LogP contribution is -2.46. The van der Waals surface area contributed by atoms with Crippen molar-refractivity contribution in [2.24, 2.45) is 0 Å². The smallest absolute Gasteiger partial charge is 0.326 e. The molecule has 0 bridgehead atoms. The Balaban J connectivity index is 2.43. The van der Waals surface area contributed by atoms with Crippen LogP contribution in [0.1, 0.15) is 18.5 Å². The second kappa shape index (κ2) is 8.04. The fourth-order valence-electron chi connectivity index (χ4n) is 1.41. The summed E-state index contributed by atoms with van der Waals surface area (Å²) in [5.74, 6) is -1.81. The molecule has 1 rings (SSSR count). The van der Waals surface area contributed by atoms with Crippen LogP contribution in [0.5, 0.6) is 0 Å². The number of thiazole rings is 1. The second-order valence-electron chi connectivity index (χ2n) is 4.01. The first kappa shape index (κ1) is 16.7. The Morgan fingerprint density at radius 1 is 1.48 bits per heavy atom. The molecule has 0 spiro atoms. The van der Waals surface area contributed by atoms with Crippen LogP contribution in [0.25, 0.3) is 0 Å². The van der Waals surface area contributed by atoms with Crippen molar-refractivity contribution in [2.45, 2.75) is 25.4 Å². The molecule has 0 unspecified atom stereocenters. The molecule has 0 radical (unpaired) electrons. The minimum Gasteiger partial charge on any atom is -0.480 e. The summed E-state index contributed by atoms with van der Waals surface area (Å²) in [6.07, 6.45) is -0.198. The van der Waals surface area contributed by atoms with E-state index in [1.807, 2.05) is 0 Å². The van der Waals surface area contributed by atoms with Gasteiger partial charge in [-0.25, -0.2) is 9.59 Å². The number of urea groups is 1. The zero-order valence-electron chi connectivity index (χ0n) is 11.2. The number of hydrogen-bond donors (Lipinski definition) is 4. The summed E-state index contributed by atoms with van der Waals surface area (Å²) in [4.78, 5) is 46.6. The number of methoxy groups -OCH3 is 1. The molecule has 1 aromatic heterocycles. The van der Waals surface area contributed by atoms with Gasteiger partial charge in [0.2, 0.25) is 0 Å². The van der Waals surface area contributed by atoms with Gasteiger partial charge in [-0.1, -0.05) is 11.3 Å². The molecule has 0 aromatic carbocycles. The van der Waals surface area contributed by atoms with Crippen molar-refractivity contribution in [1.29, 1.82) is 0 Å². The molecular formula is C11H15N3O6S. The maximum atomic E-state index is 11.6. The molecular weight excluding hydrogens is 302 g/mol. The number of nitrogens with one attached hydrogen (secondary N) is 3. The van der Waals surface area contributed by atoms with Gasteiger partial charge in [0.05, 0.1) is 13.7 Å². The molecule has 0 saturated carbocycles. The fourth-order valence-corrected chi connectivity index (χ4v) is 1.99. The van der Waals surface area contributed by atoms with Crippen molar-refractivity contribution in [2.75, 3.05) is 7.11 Å². The van der Waals surface area contributed by atoms with Crippen LogP contribution in [-0.4, -0.2) is 41.2 Å². The summed E-state index contributed by atoms with van der Waals surface area (Å²) in [7, 11) is 1.19. The molecule has 10 heteroatoms. The van der Waals surface area contributed by atoms with Gasteiger partial charge in [0, 0.05) is 17.5 Å². The first-order valence-corrected chi connectivity index (χ1v) is 6.81. The minimum atomic E-state index is -1.25. The largest absolute Gasteiger partial charge is 0.480 e. The van der Waals surface area contributed by atoms with E-state index in [0.717, 1.165) is 11.3 Å². The number of H-pyrrole nitrogens is 1. The number of aliphatic carboxylic acids is 1. The highest BCUT2D eigenvalue weighted by atomic mass is 32.1. The van der Waals surface area contributed by atoms with E-state index in [4.69, 9.17) is 5.11 Å². The van der Waals surface area contributed by atoms with E-state index in [2.05, 4.69) is 20.4 Å². The van der Waals surface area contributed by atoms with Crippen molar-refractivity contribution in [1.82, 2.24) is 15.6 Å². The standard InChI is InChI=1S/C11H15N3O6S/c1-20-8(15)3-2-7(9(16)17)14-10(18)12-4-6-5-21-11(19)13-6/h5,7H,2-4H2,1H3,(H,13,19)(H,16,17)(H2,12,14,18)/t7-/m1/s1. The number of amides is 2. The zero-order valence-corrected chi connectivity index (χ0v) is 12.0. The van der Waals surface area contributed by atoms with Crippen molar-refractivity contribution >= 4 is 29.3 Å². The number of aromatic amines is 1. The number of rotatable bonds is 7. The fraction of sp³-hybridized carbons (Fsp3) is 0.455. The van der Waals surface area contributed by atoms with E-state index < -0.39 is 24.0 Å². The monoisotopic (exact) mass is 317 g/mol. The molecule has 4 N–H and O–H groups in total. The van der Waals surface area contributed by atoms with Gasteiger partial charge in [-0.2, -0.15) is 0 Å². The maximum absolute atomic E-state index is 11.6. The van der Waals surface area contributed by atoms with E-state index in [0.29, 0.717) is 5.69 Å². The Morgan fingerprint density at radius 3 is 2.71 bits per heavy atom. The Bertz CT molecular complexity index is 566. The first-order chi connectivity index (χ1) is 9.92. The van der Waals surface area contributed by atoms with E-state index in [1.165, 1.54) is 7.11 Å². The van der Waals surface area contributed by atoms with E-state index >= 15 is 0 Å². The second-order valence-corrected chi connectivity index (χ2v) is 4.85. The first-order valence-electron chi connectivity index (χ1n) is 5.93. The number of carboxylic acids is 1. The molecule has 9 nitrogen and oxygen atoms in total. The SMILES string of the molecule is COC(=O)CC[C@@H](NC(=O)NCc1csc(=O)[nH]1)C(=O)O. The van der Waals surface area contributed by atoms with Crippen molar-refractivity contribution in [3.05, 3.63) is 20.7 Å². The lowest BCUT2D eigenvalue weighted by Gasteiger charge is -2.14. The number of carboxylic acid groups (broad SMARTS) is 1. The Labute approximate surface area is 123 Å². The van der Waals surface area contributed by atoms with Crippen LogP contribution >= 0.6 is 11.3 Å². The summed E-state index contributed by atoms with van der Waals surface area (Å²) < 4.78 is 4.40. The minimum absolute atomic E-state index is 0.0634. The van der Waals surface area contributed by atoms with Gasteiger partial charge in [0.25, 0.3) is 0 Å². The normalized spacial score (nSPS) is 11.5. The summed E-state index contributed by atoms with van der Waals surface area (Å²) >= 11 is 0.960. The van der Waals surface area contributed by atoms with Crippen molar-refractivity contribution in [3.63, 3.8) is 0 Å². The predicted octanol–water partition coefficient (Wildman–Crippen LogP) is -0.358. The molecule has 0 aliphatic carbocycles. The summed E-state index contributed by atoms with van der Waals surface area (Å²) in [5.41, 5.74) is 0.515. The van der Waals surface area contributed by atoms with Crippen LogP contribution in [-0.2, 0) is 20.9 Å². The Hall–Kier alpha value is -2.36. The van der Waals surface area contributed by atoms with Crippen LogP contribution in [0.3, 0.4) is 0 Å². The van der Waals surface area contributed by atoms with Gasteiger partial charge in [0.1, 0.15) is 6.04 Å². The van der Waals surface area contributed by atoms with Gasteiger partial charge in [-0.05, 0) is 6.42 Å². The quantitative estimate of drug-likeness (QED) is 0.507. The van der Waals surface area contributed by atoms with Crippen LogP contribution in [0.2, 0.25) is 0 Å². The predicted molar refractivity (Wildman–Crippen MR) is 73.0 cm³/mol. The van der Waals surface area contributed by atoms with Gasteiger partial charge in [0.15, 0.2) is 0 Å². The molecule has 0 saturated heterocycles. The molecule has 116 valence electrons. The third kappa shape index (κ3) is 6.08. The Kier molecular flexibility index (Phi) is 6.40. The lowest BCUT2D eigenvalue weighted by molar-refractivity contribution is -0.142. The van der Waals surface area contributed by atoms with Crippen molar-refractivity contribution < 1.29 is 24.2 Å². The number of carbonyl (C=O) groups is 3. The summed E-state index contributed by atoms with van der Waals surface area (Å²) in [6, 6.07) is -1.91. The molecule has 21 heavy (non-hydrogen) atoms. The van der Waals surface area contributed by atoms with Gasteiger partial charge < -0.3 is 25.5 Å². The lowest BCUT2D eigenvalue weighted by atomic mass is 10.1. The van der Waals surface area contributed by atoms with E-state index in [-0.39, 0.29) is 24.3 Å². The van der Waals surface area contributed by atoms with Crippen LogP contribution in [0, 0.1) is 0 Å². The highest BCUT2D eigenvalue weighted by Crippen LogP contribution is 2.00. The zero-order chi connectivity index (χ0) is 15.8. The third-order valence-electron chi connectivity index (χ3n) is 2.48. The average Bonchev–Trinajstić information content (AvgIpc) is 2.86. The number of esters is 1. The van der Waals surface area contributed by atoms with Crippen LogP contribution < -0.4 is 15.5 Å². The van der Waals surface area contributed by atoms with Gasteiger partial charge >= 0.3 is 22.8 Å². The van der Waals surface area contributed by atoms with Crippen LogP contribution in [0.4, 0.5) is 4.79 Å². The topological polar surface area (TPSA) is 138 Å². The third-order valence-corrected chi connectivity index (χ3v) is 3.20. The molecule has 1 atom stereocenters. The summed E-state index contributed by atoms with van der Waals surface area (Å²) in [5, 5.41) is 15.1. The van der Waals surface area contributed by atoms with Gasteiger partial charge in [-0.3, -0.25) is 9.59 Å². The molecule has 1 aromatic rings. The van der Waals surface area contributed by atoms with Gasteiger partial charge in [-0.15, -0.1) is 0 Å².